The summed E-state index contributed by atoms with van der Waals surface area (Å²) in [4.78, 5) is 16.0. The second kappa shape index (κ2) is 6.57. The van der Waals surface area contributed by atoms with E-state index in [2.05, 4.69) is 20.5 Å². The van der Waals surface area contributed by atoms with Crippen LogP contribution in [0.25, 0.3) is 0 Å². The van der Waals surface area contributed by atoms with Crippen molar-refractivity contribution in [3.8, 4) is 0 Å². The third kappa shape index (κ3) is 3.44. The molecule has 23 heavy (non-hydrogen) atoms. The van der Waals surface area contributed by atoms with E-state index in [1.54, 1.807) is 6.21 Å². The Balaban J connectivity index is 1.90. The maximum atomic E-state index is 11.8. The highest BCUT2D eigenvalue weighted by atomic mass is 16.1. The van der Waals surface area contributed by atoms with Gasteiger partial charge in [0.25, 0.3) is 5.91 Å². The molecule has 2 aromatic carbocycles. The van der Waals surface area contributed by atoms with Gasteiger partial charge in [0.1, 0.15) is 11.4 Å². The van der Waals surface area contributed by atoms with Gasteiger partial charge >= 0.3 is 0 Å². The standard InChI is InChI=1S/C17H15N5O/c18-15(23)14-16(19-11-12-7-3-1-4-8-12)21-22-17(14)20-13-9-5-2-6-10-13/h1-11H,(H2,18,23)(H2,20,21,22). The van der Waals surface area contributed by atoms with Gasteiger partial charge in [-0.3, -0.25) is 9.89 Å². The lowest BCUT2D eigenvalue weighted by molar-refractivity contribution is 0.100. The van der Waals surface area contributed by atoms with Crippen LogP contribution in [-0.2, 0) is 0 Å². The first-order chi connectivity index (χ1) is 11.2. The Hall–Kier alpha value is -3.41. The Morgan fingerprint density at radius 1 is 1.09 bits per heavy atom. The lowest BCUT2D eigenvalue weighted by Gasteiger charge is -2.04. The Morgan fingerprint density at radius 2 is 1.74 bits per heavy atom. The van der Waals surface area contributed by atoms with Gasteiger partial charge in [-0.25, -0.2) is 4.99 Å². The average molecular weight is 305 g/mol. The van der Waals surface area contributed by atoms with Crippen molar-refractivity contribution >= 4 is 29.4 Å². The van der Waals surface area contributed by atoms with Crippen LogP contribution in [-0.4, -0.2) is 22.3 Å². The molecule has 6 nitrogen and oxygen atoms in total. The largest absolute Gasteiger partial charge is 0.365 e. The molecule has 0 unspecified atom stereocenters. The molecule has 0 radical (unpaired) electrons. The minimum Gasteiger partial charge on any atom is -0.365 e. The van der Waals surface area contributed by atoms with Crippen LogP contribution >= 0.6 is 0 Å². The molecular weight excluding hydrogens is 290 g/mol. The van der Waals surface area contributed by atoms with Crippen LogP contribution in [0.5, 0.6) is 0 Å². The smallest absolute Gasteiger partial charge is 0.256 e. The van der Waals surface area contributed by atoms with Crippen LogP contribution in [0.3, 0.4) is 0 Å². The van der Waals surface area contributed by atoms with Crippen LogP contribution in [0, 0.1) is 0 Å². The molecule has 0 aliphatic heterocycles. The predicted octanol–water partition coefficient (Wildman–Crippen LogP) is 3.00. The Labute approximate surface area is 133 Å². The number of hydrogen-bond donors (Lipinski definition) is 3. The van der Waals surface area contributed by atoms with E-state index in [0.717, 1.165) is 11.3 Å². The van der Waals surface area contributed by atoms with Crippen molar-refractivity contribution < 1.29 is 4.79 Å². The second-order valence-electron chi connectivity index (χ2n) is 4.82. The SMILES string of the molecule is NC(=O)c1c(N=Cc2ccccc2)n[nH]c1Nc1ccccc1. The van der Waals surface area contributed by atoms with E-state index in [1.807, 2.05) is 60.7 Å². The highest BCUT2D eigenvalue weighted by Gasteiger charge is 2.17. The number of H-pyrrole nitrogens is 1. The number of primary amides is 1. The monoisotopic (exact) mass is 305 g/mol. The summed E-state index contributed by atoms with van der Waals surface area (Å²) in [6, 6.07) is 19.0. The zero-order chi connectivity index (χ0) is 16.1. The molecule has 1 heterocycles. The van der Waals surface area contributed by atoms with Crippen LogP contribution in [0.1, 0.15) is 15.9 Å². The highest BCUT2D eigenvalue weighted by Crippen LogP contribution is 2.26. The molecule has 3 aromatic rings. The van der Waals surface area contributed by atoms with Gasteiger partial charge in [0.15, 0.2) is 5.82 Å². The third-order valence-corrected chi connectivity index (χ3v) is 3.17. The first-order valence-electron chi connectivity index (χ1n) is 7.03. The van der Waals surface area contributed by atoms with E-state index in [9.17, 15) is 4.79 Å². The molecule has 0 saturated carbocycles. The van der Waals surface area contributed by atoms with Crippen LogP contribution < -0.4 is 11.1 Å². The van der Waals surface area contributed by atoms with Crippen molar-refractivity contribution in [3.63, 3.8) is 0 Å². The first kappa shape index (κ1) is 14.5. The van der Waals surface area contributed by atoms with E-state index in [4.69, 9.17) is 5.73 Å². The molecule has 0 fully saturated rings. The summed E-state index contributed by atoms with van der Waals surface area (Å²) in [5.74, 6) is 0.0705. The summed E-state index contributed by atoms with van der Waals surface area (Å²) in [7, 11) is 0. The second-order valence-corrected chi connectivity index (χ2v) is 4.82. The number of carbonyl (C=O) groups is 1. The highest BCUT2D eigenvalue weighted by molar-refractivity contribution is 6.03. The average Bonchev–Trinajstić information content (AvgIpc) is 2.98. The minimum atomic E-state index is -0.600. The molecule has 3 rings (SSSR count). The lowest BCUT2D eigenvalue weighted by Crippen LogP contribution is -2.12. The van der Waals surface area contributed by atoms with E-state index in [0.29, 0.717) is 5.82 Å². The van der Waals surface area contributed by atoms with Gasteiger partial charge in [0.05, 0.1) is 0 Å². The van der Waals surface area contributed by atoms with E-state index in [1.165, 1.54) is 0 Å². The lowest BCUT2D eigenvalue weighted by atomic mass is 10.2. The number of hydrogen-bond acceptors (Lipinski definition) is 4. The fraction of sp³-hybridized carbons (Fsp3) is 0. The molecule has 0 spiro atoms. The molecule has 0 bridgehead atoms. The van der Waals surface area contributed by atoms with Crippen molar-refractivity contribution in [2.45, 2.75) is 0 Å². The third-order valence-electron chi connectivity index (χ3n) is 3.17. The molecule has 0 aliphatic rings. The summed E-state index contributed by atoms with van der Waals surface area (Å²) < 4.78 is 0. The molecule has 114 valence electrons. The number of amides is 1. The number of aromatic nitrogens is 2. The van der Waals surface area contributed by atoms with Gasteiger partial charge in [-0.2, -0.15) is 5.10 Å². The number of anilines is 2. The summed E-state index contributed by atoms with van der Waals surface area (Å²) in [5, 5.41) is 9.91. The van der Waals surface area contributed by atoms with Crippen molar-refractivity contribution in [2.75, 3.05) is 5.32 Å². The molecule has 1 amide bonds. The van der Waals surface area contributed by atoms with Crippen LogP contribution in [0.15, 0.2) is 65.7 Å². The zero-order valence-corrected chi connectivity index (χ0v) is 12.2. The minimum absolute atomic E-state index is 0.223. The summed E-state index contributed by atoms with van der Waals surface area (Å²) >= 11 is 0. The van der Waals surface area contributed by atoms with Gasteiger partial charge in [-0.05, 0) is 17.7 Å². The van der Waals surface area contributed by atoms with E-state index < -0.39 is 5.91 Å². The number of nitrogens with one attached hydrogen (secondary N) is 2. The van der Waals surface area contributed by atoms with Gasteiger partial charge in [0.2, 0.25) is 0 Å². The van der Waals surface area contributed by atoms with Gasteiger partial charge in [-0.1, -0.05) is 48.5 Å². The predicted molar refractivity (Wildman–Crippen MR) is 90.5 cm³/mol. The number of rotatable bonds is 5. The summed E-state index contributed by atoms with van der Waals surface area (Å²) in [5.41, 5.74) is 7.42. The normalized spacial score (nSPS) is 10.8. The topological polar surface area (TPSA) is 96.2 Å². The summed E-state index contributed by atoms with van der Waals surface area (Å²) in [6.45, 7) is 0. The van der Waals surface area contributed by atoms with Gasteiger partial charge in [0, 0.05) is 11.9 Å². The number of aromatic amines is 1. The maximum absolute atomic E-state index is 11.8. The van der Waals surface area contributed by atoms with E-state index in [-0.39, 0.29) is 11.4 Å². The number of benzene rings is 2. The molecule has 0 atom stereocenters. The first-order valence-corrected chi connectivity index (χ1v) is 7.03. The maximum Gasteiger partial charge on any atom is 0.256 e. The van der Waals surface area contributed by atoms with Crippen molar-refractivity contribution in [1.82, 2.24) is 10.2 Å². The molecule has 6 heteroatoms. The molecule has 0 aliphatic carbocycles. The summed E-state index contributed by atoms with van der Waals surface area (Å²) in [6.07, 6.45) is 1.63. The number of nitrogens with two attached hydrogens (primary N) is 1. The Bertz CT molecular complexity index is 825. The molecule has 4 N–H and O–H groups in total. The molecular formula is C17H15N5O. The van der Waals surface area contributed by atoms with E-state index >= 15 is 0 Å². The number of aliphatic imine (C=N–C) groups is 1. The van der Waals surface area contributed by atoms with Crippen molar-refractivity contribution in [1.29, 1.82) is 0 Å². The van der Waals surface area contributed by atoms with Gasteiger partial charge in [-0.15, -0.1) is 0 Å². The van der Waals surface area contributed by atoms with Crippen LogP contribution in [0.4, 0.5) is 17.3 Å². The molecule has 1 aromatic heterocycles. The van der Waals surface area contributed by atoms with Crippen molar-refractivity contribution in [2.24, 2.45) is 10.7 Å². The fourth-order valence-corrected chi connectivity index (χ4v) is 2.09. The van der Waals surface area contributed by atoms with Crippen molar-refractivity contribution in [3.05, 3.63) is 71.8 Å². The zero-order valence-electron chi connectivity index (χ0n) is 12.2. The van der Waals surface area contributed by atoms with Gasteiger partial charge < -0.3 is 11.1 Å². The molecule has 0 saturated heterocycles. The van der Waals surface area contributed by atoms with Crippen LogP contribution in [0.2, 0.25) is 0 Å². The number of para-hydroxylation sites is 1. The number of carbonyl (C=O) groups excluding carboxylic acids is 1. The Kier molecular flexibility index (Phi) is 4.15. The fourth-order valence-electron chi connectivity index (χ4n) is 2.09. The number of nitrogens with zero attached hydrogens (tertiary/aromatic N) is 2. The quantitative estimate of drug-likeness (QED) is 0.632. The Morgan fingerprint density at radius 3 is 2.39 bits per heavy atom.